The van der Waals surface area contributed by atoms with Gasteiger partial charge in [0.1, 0.15) is 0 Å². The maximum atomic E-state index is 12.5. The molecule has 26 heavy (non-hydrogen) atoms. The van der Waals surface area contributed by atoms with Crippen molar-refractivity contribution in [1.29, 1.82) is 0 Å². The highest BCUT2D eigenvalue weighted by molar-refractivity contribution is 5.74. The minimum Gasteiger partial charge on any atom is -0.481 e. The van der Waals surface area contributed by atoms with E-state index in [9.17, 15) is 9.59 Å². The molecule has 5 heteroatoms. The lowest BCUT2D eigenvalue weighted by Crippen LogP contribution is -2.44. The quantitative estimate of drug-likeness (QED) is 0.761. The number of hydrogen-bond acceptors (Lipinski definition) is 2. The maximum absolute atomic E-state index is 12.5. The molecule has 2 aromatic rings. The summed E-state index contributed by atoms with van der Waals surface area (Å²) in [6, 6.07) is 17.4. The molecule has 0 saturated heterocycles. The number of carboxylic acids is 1. The Balaban J connectivity index is 1.96. The molecular formula is C21H26N2O3. The molecule has 5 nitrogen and oxygen atoms in total. The fourth-order valence-corrected chi connectivity index (χ4v) is 2.75. The number of urea groups is 1. The normalized spacial score (nSPS) is 11.6. The first-order valence-electron chi connectivity index (χ1n) is 8.77. The summed E-state index contributed by atoms with van der Waals surface area (Å²) in [6.45, 7) is 2.53. The molecule has 0 spiro atoms. The Bertz CT molecular complexity index is 714. The standard InChI is InChI=1S/C21H26N2O3/c1-16-8-10-18(11-9-16)15-23(2)21(26)22-19(12-13-20(24)25)14-17-6-4-3-5-7-17/h3-11,19H,12-15H2,1-2H3,(H,22,26)(H,24,25). The second-order valence-corrected chi connectivity index (χ2v) is 6.61. The van der Waals surface area contributed by atoms with Crippen molar-refractivity contribution >= 4 is 12.0 Å². The van der Waals surface area contributed by atoms with Gasteiger partial charge in [0.15, 0.2) is 0 Å². The highest BCUT2D eigenvalue weighted by Gasteiger charge is 2.17. The molecule has 0 aliphatic rings. The SMILES string of the molecule is Cc1ccc(CN(C)C(=O)NC(CCC(=O)O)Cc2ccccc2)cc1. The lowest BCUT2D eigenvalue weighted by atomic mass is 10.0. The third-order valence-corrected chi connectivity index (χ3v) is 4.25. The van der Waals surface area contributed by atoms with E-state index in [0.29, 0.717) is 19.4 Å². The van der Waals surface area contributed by atoms with Crippen molar-refractivity contribution in [3.8, 4) is 0 Å². The summed E-state index contributed by atoms with van der Waals surface area (Å²) >= 11 is 0. The minimum absolute atomic E-state index is 0.0272. The molecule has 2 rings (SSSR count). The number of rotatable bonds is 8. The van der Waals surface area contributed by atoms with Crippen LogP contribution in [0, 0.1) is 6.92 Å². The van der Waals surface area contributed by atoms with Gasteiger partial charge in [-0.1, -0.05) is 60.2 Å². The van der Waals surface area contributed by atoms with Crippen molar-refractivity contribution in [3.63, 3.8) is 0 Å². The van der Waals surface area contributed by atoms with Crippen LogP contribution in [0.2, 0.25) is 0 Å². The molecular weight excluding hydrogens is 328 g/mol. The Morgan fingerprint density at radius 3 is 2.31 bits per heavy atom. The molecule has 2 amide bonds. The third kappa shape index (κ3) is 6.59. The summed E-state index contributed by atoms with van der Waals surface area (Å²) in [6.07, 6.45) is 1.03. The van der Waals surface area contributed by atoms with E-state index in [1.807, 2.05) is 61.5 Å². The number of amides is 2. The average molecular weight is 354 g/mol. The first-order chi connectivity index (χ1) is 12.4. The second-order valence-electron chi connectivity index (χ2n) is 6.61. The van der Waals surface area contributed by atoms with Gasteiger partial charge < -0.3 is 15.3 Å². The van der Waals surface area contributed by atoms with Crippen molar-refractivity contribution < 1.29 is 14.7 Å². The Hall–Kier alpha value is -2.82. The average Bonchev–Trinajstić information content (AvgIpc) is 2.62. The predicted octanol–water partition coefficient (Wildman–Crippen LogP) is 3.61. The van der Waals surface area contributed by atoms with E-state index >= 15 is 0 Å². The van der Waals surface area contributed by atoms with Gasteiger partial charge in [-0.05, 0) is 30.9 Å². The number of nitrogens with zero attached hydrogens (tertiary/aromatic N) is 1. The monoisotopic (exact) mass is 354 g/mol. The molecule has 0 heterocycles. The van der Waals surface area contributed by atoms with Crippen LogP contribution in [0.1, 0.15) is 29.5 Å². The molecule has 0 aromatic heterocycles. The molecule has 0 radical (unpaired) electrons. The fraction of sp³-hybridized carbons (Fsp3) is 0.333. The van der Waals surface area contributed by atoms with Crippen LogP contribution in [0.3, 0.4) is 0 Å². The van der Waals surface area contributed by atoms with Gasteiger partial charge in [-0.3, -0.25) is 4.79 Å². The Morgan fingerprint density at radius 2 is 1.69 bits per heavy atom. The van der Waals surface area contributed by atoms with Crippen LogP contribution in [0.4, 0.5) is 4.79 Å². The number of nitrogens with one attached hydrogen (secondary N) is 1. The van der Waals surface area contributed by atoms with Gasteiger partial charge in [-0.2, -0.15) is 0 Å². The van der Waals surface area contributed by atoms with Crippen LogP contribution in [0.25, 0.3) is 0 Å². The molecule has 0 saturated carbocycles. The number of aliphatic carboxylic acids is 1. The van der Waals surface area contributed by atoms with Crippen LogP contribution in [-0.2, 0) is 17.8 Å². The zero-order chi connectivity index (χ0) is 18.9. The van der Waals surface area contributed by atoms with Gasteiger partial charge in [0.25, 0.3) is 0 Å². The minimum atomic E-state index is -0.856. The molecule has 1 unspecified atom stereocenters. The van der Waals surface area contributed by atoms with Gasteiger partial charge in [0, 0.05) is 26.1 Å². The number of carboxylic acid groups (broad SMARTS) is 1. The summed E-state index contributed by atoms with van der Waals surface area (Å²) in [5.74, 6) is -0.856. The largest absolute Gasteiger partial charge is 0.481 e. The Morgan fingerprint density at radius 1 is 1.04 bits per heavy atom. The molecule has 0 bridgehead atoms. The molecule has 1 atom stereocenters. The lowest BCUT2D eigenvalue weighted by Gasteiger charge is -2.24. The van der Waals surface area contributed by atoms with E-state index in [0.717, 1.165) is 11.1 Å². The van der Waals surface area contributed by atoms with Crippen molar-refractivity contribution in [2.24, 2.45) is 0 Å². The maximum Gasteiger partial charge on any atom is 0.317 e. The molecule has 2 N–H and O–H groups in total. The second kappa shape index (κ2) is 9.61. The van der Waals surface area contributed by atoms with Crippen LogP contribution < -0.4 is 5.32 Å². The van der Waals surface area contributed by atoms with E-state index in [-0.39, 0.29) is 18.5 Å². The van der Waals surface area contributed by atoms with Gasteiger partial charge in [-0.15, -0.1) is 0 Å². The zero-order valence-corrected chi connectivity index (χ0v) is 15.3. The van der Waals surface area contributed by atoms with Crippen molar-refractivity contribution in [1.82, 2.24) is 10.2 Å². The van der Waals surface area contributed by atoms with Crippen LogP contribution in [-0.4, -0.2) is 35.1 Å². The van der Waals surface area contributed by atoms with E-state index in [1.165, 1.54) is 5.56 Å². The lowest BCUT2D eigenvalue weighted by molar-refractivity contribution is -0.137. The first-order valence-corrected chi connectivity index (χ1v) is 8.77. The van der Waals surface area contributed by atoms with E-state index in [2.05, 4.69) is 5.32 Å². The summed E-state index contributed by atoms with van der Waals surface area (Å²) in [7, 11) is 1.74. The number of benzene rings is 2. The summed E-state index contributed by atoms with van der Waals surface area (Å²) < 4.78 is 0. The van der Waals surface area contributed by atoms with E-state index in [4.69, 9.17) is 5.11 Å². The van der Waals surface area contributed by atoms with Gasteiger partial charge in [0.2, 0.25) is 0 Å². The smallest absolute Gasteiger partial charge is 0.317 e. The fourth-order valence-electron chi connectivity index (χ4n) is 2.75. The molecule has 0 fully saturated rings. The highest BCUT2D eigenvalue weighted by Crippen LogP contribution is 2.10. The summed E-state index contributed by atoms with van der Waals surface area (Å²) in [5.41, 5.74) is 3.31. The van der Waals surface area contributed by atoms with Gasteiger partial charge in [0.05, 0.1) is 0 Å². The van der Waals surface area contributed by atoms with Crippen LogP contribution in [0.5, 0.6) is 0 Å². The number of carbonyl (C=O) groups is 2. The number of aryl methyl sites for hydroxylation is 1. The zero-order valence-electron chi connectivity index (χ0n) is 15.3. The van der Waals surface area contributed by atoms with Crippen molar-refractivity contribution in [2.75, 3.05) is 7.05 Å². The highest BCUT2D eigenvalue weighted by atomic mass is 16.4. The predicted molar refractivity (Wildman–Crippen MR) is 102 cm³/mol. The summed E-state index contributed by atoms with van der Waals surface area (Å²) in [4.78, 5) is 25.1. The van der Waals surface area contributed by atoms with Crippen molar-refractivity contribution in [2.45, 2.75) is 38.8 Å². The number of carbonyl (C=O) groups excluding carboxylic acids is 1. The Kier molecular flexibility index (Phi) is 7.21. The van der Waals surface area contributed by atoms with Gasteiger partial charge >= 0.3 is 12.0 Å². The third-order valence-electron chi connectivity index (χ3n) is 4.25. The van der Waals surface area contributed by atoms with Gasteiger partial charge in [-0.25, -0.2) is 4.79 Å². The topological polar surface area (TPSA) is 69.6 Å². The number of hydrogen-bond donors (Lipinski definition) is 2. The molecule has 0 aliphatic heterocycles. The molecule has 138 valence electrons. The molecule has 0 aliphatic carbocycles. The first kappa shape index (κ1) is 19.5. The summed E-state index contributed by atoms with van der Waals surface area (Å²) in [5, 5.41) is 11.9. The Labute approximate surface area is 154 Å². The van der Waals surface area contributed by atoms with Crippen molar-refractivity contribution in [3.05, 3.63) is 71.3 Å². The van der Waals surface area contributed by atoms with E-state index in [1.54, 1.807) is 11.9 Å². The van der Waals surface area contributed by atoms with Crippen LogP contribution in [0.15, 0.2) is 54.6 Å². The molecule has 2 aromatic carbocycles. The van der Waals surface area contributed by atoms with Crippen LogP contribution >= 0.6 is 0 Å². The van der Waals surface area contributed by atoms with E-state index < -0.39 is 5.97 Å².